The molecule has 1 aliphatic rings. The van der Waals surface area contributed by atoms with Crippen LogP contribution in [0.25, 0.3) is 32.9 Å². The fraction of sp³-hybridized carbons (Fsp3) is 0.0323. The molecule has 33 heavy (non-hydrogen) atoms. The lowest BCUT2D eigenvalue weighted by Gasteiger charge is -2.36. The monoisotopic (exact) mass is 485 g/mol. The Bertz CT molecular complexity index is 1630. The van der Waals surface area contributed by atoms with Crippen molar-refractivity contribution in [1.82, 2.24) is 4.57 Å². The van der Waals surface area contributed by atoms with Crippen LogP contribution in [0.1, 0.15) is 16.7 Å². The molecule has 0 bridgehead atoms. The summed E-state index contributed by atoms with van der Waals surface area (Å²) in [5.41, 5.74) is 8.53. The normalized spacial score (nSPS) is 13.8. The zero-order chi connectivity index (χ0) is 22.0. The van der Waals surface area contributed by atoms with E-state index in [2.05, 4.69) is 142 Å². The smallest absolute Gasteiger partial charge is 0.122 e. The van der Waals surface area contributed by atoms with E-state index >= 15 is 0 Å². The summed E-state index contributed by atoms with van der Waals surface area (Å²) in [6.07, 6.45) is 0. The first-order valence-electron chi connectivity index (χ1n) is 11.2. The summed E-state index contributed by atoms with van der Waals surface area (Å²) in [5.74, 6) is 0. The van der Waals surface area contributed by atoms with Crippen molar-refractivity contribution in [3.8, 4) is 11.1 Å². The molecule has 1 nitrogen and oxygen atoms in total. The number of rotatable bonds is 2. The van der Waals surface area contributed by atoms with Gasteiger partial charge in [-0.2, -0.15) is 0 Å². The average Bonchev–Trinajstić information content (AvgIpc) is 3.35. The molecule has 0 amide bonds. The van der Waals surface area contributed by atoms with E-state index in [1.807, 2.05) is 0 Å². The van der Waals surface area contributed by atoms with Crippen molar-refractivity contribution in [1.29, 1.82) is 0 Å². The van der Waals surface area contributed by atoms with Gasteiger partial charge < -0.3 is 4.57 Å². The van der Waals surface area contributed by atoms with Gasteiger partial charge in [0.05, 0.1) is 11.0 Å². The molecule has 0 spiro atoms. The summed E-state index contributed by atoms with van der Waals surface area (Å²) in [4.78, 5) is 0. The molecule has 0 unspecified atom stereocenters. The maximum atomic E-state index is 3.71. The van der Waals surface area contributed by atoms with Crippen molar-refractivity contribution in [2.24, 2.45) is 0 Å². The Morgan fingerprint density at radius 2 is 1.09 bits per heavy atom. The van der Waals surface area contributed by atoms with Crippen LogP contribution in [0.5, 0.6) is 0 Å². The molecule has 156 valence electrons. The van der Waals surface area contributed by atoms with Gasteiger partial charge in [0.1, 0.15) is 5.54 Å². The molecule has 0 saturated heterocycles. The first kappa shape index (κ1) is 18.9. The second-order valence-electron chi connectivity index (χ2n) is 8.68. The molecule has 0 saturated carbocycles. The Labute approximate surface area is 201 Å². The molecule has 1 heterocycles. The minimum Gasteiger partial charge on any atom is -0.322 e. The van der Waals surface area contributed by atoms with E-state index in [0.29, 0.717) is 0 Å². The van der Waals surface area contributed by atoms with Crippen molar-refractivity contribution in [3.05, 3.63) is 142 Å². The van der Waals surface area contributed by atoms with Gasteiger partial charge in [-0.3, -0.25) is 0 Å². The lowest BCUT2D eigenvalue weighted by atomic mass is 9.80. The number of hydrogen-bond acceptors (Lipinski definition) is 0. The molecule has 6 aromatic rings. The largest absolute Gasteiger partial charge is 0.322 e. The highest BCUT2D eigenvalue weighted by Crippen LogP contribution is 2.55. The predicted octanol–water partition coefficient (Wildman–Crippen LogP) is 8.38. The second-order valence-corrected chi connectivity index (χ2v) is 9.60. The number of nitrogens with zero attached hydrogens (tertiary/aromatic N) is 1. The van der Waals surface area contributed by atoms with E-state index in [4.69, 9.17) is 0 Å². The fourth-order valence-corrected chi connectivity index (χ4v) is 6.24. The molecule has 0 fully saturated rings. The van der Waals surface area contributed by atoms with Gasteiger partial charge in [0.2, 0.25) is 0 Å². The zero-order valence-electron chi connectivity index (χ0n) is 17.9. The number of halogens is 1. The first-order chi connectivity index (χ1) is 16.3. The molecular weight excluding hydrogens is 466 g/mol. The molecule has 7 rings (SSSR count). The summed E-state index contributed by atoms with van der Waals surface area (Å²) in [7, 11) is 0. The number of aromatic nitrogens is 1. The first-order valence-corrected chi connectivity index (χ1v) is 12.0. The quantitative estimate of drug-likeness (QED) is 0.231. The second kappa shape index (κ2) is 6.94. The van der Waals surface area contributed by atoms with Crippen LogP contribution in [0.3, 0.4) is 0 Å². The highest BCUT2D eigenvalue weighted by atomic mass is 79.9. The highest BCUT2D eigenvalue weighted by Gasteiger charge is 2.47. The Balaban J connectivity index is 1.78. The number of para-hydroxylation sites is 1. The molecule has 5 aromatic carbocycles. The third-order valence-electron chi connectivity index (χ3n) is 7.09. The van der Waals surface area contributed by atoms with Crippen LogP contribution < -0.4 is 0 Å². The van der Waals surface area contributed by atoms with Crippen molar-refractivity contribution < 1.29 is 0 Å². The standard InChI is InChI=1S/C31H20BrN/c32-22-18-19-30-26(20-22)25-14-6-9-17-29(25)33(30)31(21-10-2-1-3-11-21)27-15-7-4-12-23(27)24-13-5-8-16-28(24)31/h1-20H. The Morgan fingerprint density at radius 1 is 0.515 bits per heavy atom. The van der Waals surface area contributed by atoms with E-state index in [1.165, 1.54) is 49.6 Å². The minimum atomic E-state index is -0.469. The zero-order valence-corrected chi connectivity index (χ0v) is 19.5. The third-order valence-corrected chi connectivity index (χ3v) is 7.58. The van der Waals surface area contributed by atoms with Gasteiger partial charge in [-0.1, -0.05) is 113 Å². The van der Waals surface area contributed by atoms with E-state index in [0.717, 1.165) is 4.47 Å². The van der Waals surface area contributed by atoms with E-state index in [9.17, 15) is 0 Å². The maximum Gasteiger partial charge on any atom is 0.122 e. The Morgan fingerprint density at radius 3 is 1.82 bits per heavy atom. The van der Waals surface area contributed by atoms with Gasteiger partial charge in [0, 0.05) is 15.2 Å². The van der Waals surface area contributed by atoms with Gasteiger partial charge in [0.25, 0.3) is 0 Å². The lowest BCUT2D eigenvalue weighted by Crippen LogP contribution is -2.35. The number of benzene rings is 5. The van der Waals surface area contributed by atoms with Crippen LogP contribution in [0, 0.1) is 0 Å². The van der Waals surface area contributed by atoms with Crippen LogP contribution >= 0.6 is 15.9 Å². The fourth-order valence-electron chi connectivity index (χ4n) is 5.88. The van der Waals surface area contributed by atoms with Gasteiger partial charge >= 0.3 is 0 Å². The predicted molar refractivity (Wildman–Crippen MR) is 141 cm³/mol. The molecule has 2 heteroatoms. The molecule has 1 aromatic heterocycles. The van der Waals surface area contributed by atoms with Crippen molar-refractivity contribution >= 4 is 37.7 Å². The minimum absolute atomic E-state index is 0.469. The van der Waals surface area contributed by atoms with Crippen LogP contribution in [0.2, 0.25) is 0 Å². The molecule has 1 aliphatic carbocycles. The van der Waals surface area contributed by atoms with Crippen LogP contribution in [0.4, 0.5) is 0 Å². The summed E-state index contributed by atoms with van der Waals surface area (Å²) in [6, 6.07) is 44.2. The topological polar surface area (TPSA) is 4.93 Å². The number of fused-ring (bicyclic) bond motifs is 6. The van der Waals surface area contributed by atoms with Crippen molar-refractivity contribution in [2.45, 2.75) is 5.54 Å². The molecular formula is C31H20BrN. The number of hydrogen-bond donors (Lipinski definition) is 0. The molecule has 0 N–H and O–H groups in total. The Hall–Kier alpha value is -3.62. The molecule has 0 atom stereocenters. The SMILES string of the molecule is Brc1ccc2c(c1)c1ccccc1n2C1(c2ccccc2)c2ccccc2-c2ccccc21. The Kier molecular flexibility index (Phi) is 3.97. The third kappa shape index (κ3) is 2.42. The van der Waals surface area contributed by atoms with Crippen molar-refractivity contribution in [3.63, 3.8) is 0 Å². The summed E-state index contributed by atoms with van der Waals surface area (Å²) in [5, 5.41) is 2.53. The van der Waals surface area contributed by atoms with Gasteiger partial charge in [-0.15, -0.1) is 0 Å². The van der Waals surface area contributed by atoms with Crippen LogP contribution in [-0.2, 0) is 5.54 Å². The summed E-state index contributed by atoms with van der Waals surface area (Å²) < 4.78 is 3.67. The van der Waals surface area contributed by atoms with Crippen LogP contribution in [0.15, 0.2) is 126 Å². The summed E-state index contributed by atoms with van der Waals surface area (Å²) in [6.45, 7) is 0. The van der Waals surface area contributed by atoms with E-state index < -0.39 is 5.54 Å². The van der Waals surface area contributed by atoms with Crippen LogP contribution in [-0.4, -0.2) is 4.57 Å². The maximum absolute atomic E-state index is 3.71. The average molecular weight is 486 g/mol. The van der Waals surface area contributed by atoms with Crippen molar-refractivity contribution in [2.75, 3.05) is 0 Å². The molecule has 0 aliphatic heterocycles. The highest BCUT2D eigenvalue weighted by molar-refractivity contribution is 9.10. The molecule has 0 radical (unpaired) electrons. The summed E-state index contributed by atoms with van der Waals surface area (Å²) >= 11 is 3.71. The van der Waals surface area contributed by atoms with E-state index in [-0.39, 0.29) is 0 Å². The van der Waals surface area contributed by atoms with Gasteiger partial charge in [-0.05, 0) is 52.1 Å². The van der Waals surface area contributed by atoms with E-state index in [1.54, 1.807) is 0 Å². The van der Waals surface area contributed by atoms with Gasteiger partial charge in [0.15, 0.2) is 0 Å². The van der Waals surface area contributed by atoms with Gasteiger partial charge in [-0.25, -0.2) is 0 Å². The lowest BCUT2D eigenvalue weighted by molar-refractivity contribution is 0.564.